The van der Waals surface area contributed by atoms with Gasteiger partial charge in [-0.15, -0.1) is 12.4 Å². The average molecular weight is 259 g/mol. The SMILES string of the molecule is CC(C(=O)Nc1ccc(F)cc1)C1CNC1.Cl. The number of hydrogen-bond donors (Lipinski definition) is 2. The van der Waals surface area contributed by atoms with Crippen molar-refractivity contribution >= 4 is 24.0 Å². The summed E-state index contributed by atoms with van der Waals surface area (Å²) in [6.07, 6.45) is 0. The summed E-state index contributed by atoms with van der Waals surface area (Å²) in [7, 11) is 0. The Morgan fingerprint density at radius 3 is 2.47 bits per heavy atom. The van der Waals surface area contributed by atoms with Gasteiger partial charge in [-0.25, -0.2) is 4.39 Å². The van der Waals surface area contributed by atoms with E-state index in [2.05, 4.69) is 10.6 Å². The Balaban J connectivity index is 0.00000144. The fraction of sp³-hybridized carbons (Fsp3) is 0.417. The molecule has 1 fully saturated rings. The third-order valence-electron chi connectivity index (χ3n) is 3.05. The maximum Gasteiger partial charge on any atom is 0.227 e. The first-order chi connectivity index (χ1) is 7.66. The minimum absolute atomic E-state index is 0. The van der Waals surface area contributed by atoms with Gasteiger partial charge in [0.15, 0.2) is 0 Å². The van der Waals surface area contributed by atoms with Gasteiger partial charge in [-0.2, -0.15) is 0 Å². The van der Waals surface area contributed by atoms with E-state index in [0.717, 1.165) is 13.1 Å². The molecule has 2 N–H and O–H groups in total. The average Bonchev–Trinajstić information content (AvgIpc) is 2.19. The van der Waals surface area contributed by atoms with Crippen LogP contribution in [-0.4, -0.2) is 19.0 Å². The summed E-state index contributed by atoms with van der Waals surface area (Å²) >= 11 is 0. The summed E-state index contributed by atoms with van der Waals surface area (Å²) in [5.41, 5.74) is 0.644. The standard InChI is InChI=1S/C12H15FN2O.ClH/c1-8(9-6-14-7-9)12(16)15-11-4-2-10(13)3-5-11;/h2-5,8-9,14H,6-7H2,1H3,(H,15,16);1H. The molecule has 3 nitrogen and oxygen atoms in total. The minimum Gasteiger partial charge on any atom is -0.326 e. The van der Waals surface area contributed by atoms with Crippen LogP contribution in [0, 0.1) is 17.7 Å². The lowest BCUT2D eigenvalue weighted by Crippen LogP contribution is -2.48. The Hall–Kier alpha value is -1.13. The summed E-state index contributed by atoms with van der Waals surface area (Å²) in [5, 5.41) is 5.92. The minimum atomic E-state index is -0.297. The van der Waals surface area contributed by atoms with Crippen molar-refractivity contribution in [1.29, 1.82) is 0 Å². The molecule has 1 saturated heterocycles. The second-order valence-electron chi connectivity index (χ2n) is 4.20. The Morgan fingerprint density at radius 1 is 1.41 bits per heavy atom. The third kappa shape index (κ3) is 3.41. The van der Waals surface area contributed by atoms with Crippen LogP contribution in [0.3, 0.4) is 0 Å². The van der Waals surface area contributed by atoms with Gasteiger partial charge in [-0.1, -0.05) is 6.92 Å². The predicted molar refractivity (Wildman–Crippen MR) is 67.8 cm³/mol. The highest BCUT2D eigenvalue weighted by Crippen LogP contribution is 2.18. The number of amides is 1. The van der Waals surface area contributed by atoms with Gasteiger partial charge >= 0.3 is 0 Å². The van der Waals surface area contributed by atoms with Gasteiger partial charge in [0.2, 0.25) is 5.91 Å². The molecular weight excluding hydrogens is 243 g/mol. The zero-order valence-corrected chi connectivity index (χ0v) is 10.4. The Morgan fingerprint density at radius 2 is 2.00 bits per heavy atom. The van der Waals surface area contributed by atoms with Crippen molar-refractivity contribution < 1.29 is 9.18 Å². The number of hydrogen-bond acceptors (Lipinski definition) is 2. The van der Waals surface area contributed by atoms with Crippen LogP contribution in [0.15, 0.2) is 24.3 Å². The van der Waals surface area contributed by atoms with E-state index in [1.54, 1.807) is 12.1 Å². The second kappa shape index (κ2) is 5.98. The van der Waals surface area contributed by atoms with Crippen LogP contribution >= 0.6 is 12.4 Å². The van der Waals surface area contributed by atoms with Gasteiger partial charge in [-0.3, -0.25) is 4.79 Å². The second-order valence-corrected chi connectivity index (χ2v) is 4.20. The van der Waals surface area contributed by atoms with Crippen LogP contribution in [0.5, 0.6) is 0 Å². The number of nitrogens with one attached hydrogen (secondary N) is 2. The molecule has 1 amide bonds. The molecular formula is C12H16ClFN2O. The predicted octanol–water partition coefficient (Wildman–Crippen LogP) is 2.04. The molecule has 0 saturated carbocycles. The van der Waals surface area contributed by atoms with Gasteiger partial charge < -0.3 is 10.6 Å². The van der Waals surface area contributed by atoms with E-state index in [4.69, 9.17) is 0 Å². The molecule has 0 aliphatic carbocycles. The fourth-order valence-corrected chi connectivity index (χ4v) is 1.67. The van der Waals surface area contributed by atoms with Crippen molar-refractivity contribution in [3.8, 4) is 0 Å². The van der Waals surface area contributed by atoms with Crippen molar-refractivity contribution in [2.45, 2.75) is 6.92 Å². The first-order valence-corrected chi connectivity index (χ1v) is 5.44. The van der Waals surface area contributed by atoms with Crippen molar-refractivity contribution in [1.82, 2.24) is 5.32 Å². The lowest BCUT2D eigenvalue weighted by atomic mass is 9.88. The highest BCUT2D eigenvalue weighted by molar-refractivity contribution is 5.92. The maximum absolute atomic E-state index is 12.7. The lowest BCUT2D eigenvalue weighted by Gasteiger charge is -2.31. The molecule has 0 spiro atoms. The van der Waals surface area contributed by atoms with Crippen LogP contribution < -0.4 is 10.6 Å². The van der Waals surface area contributed by atoms with E-state index in [1.807, 2.05) is 6.92 Å². The Kier molecular flexibility index (Phi) is 4.90. The van der Waals surface area contributed by atoms with E-state index in [0.29, 0.717) is 11.6 Å². The monoisotopic (exact) mass is 258 g/mol. The van der Waals surface area contributed by atoms with Crippen LogP contribution in [0.2, 0.25) is 0 Å². The molecule has 17 heavy (non-hydrogen) atoms. The highest BCUT2D eigenvalue weighted by Gasteiger charge is 2.28. The molecule has 0 aromatic heterocycles. The van der Waals surface area contributed by atoms with Crippen LogP contribution in [0.4, 0.5) is 10.1 Å². The molecule has 1 unspecified atom stereocenters. The summed E-state index contributed by atoms with van der Waals surface area (Å²) in [4.78, 5) is 11.8. The van der Waals surface area contributed by atoms with Crippen LogP contribution in [0.1, 0.15) is 6.92 Å². The number of halogens is 2. The number of rotatable bonds is 3. The van der Waals surface area contributed by atoms with Crippen molar-refractivity contribution in [3.05, 3.63) is 30.1 Å². The zero-order chi connectivity index (χ0) is 11.5. The molecule has 1 aromatic carbocycles. The largest absolute Gasteiger partial charge is 0.326 e. The Labute approximate surface area is 106 Å². The summed E-state index contributed by atoms with van der Waals surface area (Å²) in [6, 6.07) is 5.81. The lowest BCUT2D eigenvalue weighted by molar-refractivity contribution is -0.121. The number of carbonyl (C=O) groups excluding carboxylic acids is 1. The van der Waals surface area contributed by atoms with E-state index in [9.17, 15) is 9.18 Å². The van der Waals surface area contributed by atoms with Gasteiger partial charge in [-0.05, 0) is 43.3 Å². The first-order valence-electron chi connectivity index (χ1n) is 5.44. The molecule has 1 aliphatic heterocycles. The molecule has 1 aliphatic rings. The van der Waals surface area contributed by atoms with Crippen LogP contribution in [-0.2, 0) is 4.79 Å². The number of benzene rings is 1. The molecule has 0 radical (unpaired) electrons. The molecule has 94 valence electrons. The summed E-state index contributed by atoms with van der Waals surface area (Å²) < 4.78 is 12.7. The molecule has 2 rings (SSSR count). The number of carbonyl (C=O) groups is 1. The van der Waals surface area contributed by atoms with Gasteiger partial charge in [0.1, 0.15) is 5.82 Å². The smallest absolute Gasteiger partial charge is 0.227 e. The number of anilines is 1. The normalized spacial score (nSPS) is 16.6. The van der Waals surface area contributed by atoms with E-state index < -0.39 is 0 Å². The topological polar surface area (TPSA) is 41.1 Å². The molecule has 1 heterocycles. The molecule has 1 atom stereocenters. The van der Waals surface area contributed by atoms with E-state index in [-0.39, 0.29) is 30.0 Å². The van der Waals surface area contributed by atoms with Crippen molar-refractivity contribution in [3.63, 3.8) is 0 Å². The fourth-order valence-electron chi connectivity index (χ4n) is 1.67. The third-order valence-corrected chi connectivity index (χ3v) is 3.05. The van der Waals surface area contributed by atoms with Gasteiger partial charge in [0.05, 0.1) is 0 Å². The summed E-state index contributed by atoms with van der Waals surface area (Å²) in [6.45, 7) is 3.72. The van der Waals surface area contributed by atoms with Crippen molar-refractivity contribution in [2.24, 2.45) is 11.8 Å². The first kappa shape index (κ1) is 13.9. The highest BCUT2D eigenvalue weighted by atomic mass is 35.5. The quantitative estimate of drug-likeness (QED) is 0.871. The molecule has 1 aromatic rings. The Bertz CT molecular complexity index is 379. The van der Waals surface area contributed by atoms with Crippen molar-refractivity contribution in [2.75, 3.05) is 18.4 Å². The maximum atomic E-state index is 12.7. The van der Waals surface area contributed by atoms with Gasteiger partial charge in [0, 0.05) is 11.6 Å². The summed E-state index contributed by atoms with van der Waals surface area (Å²) in [5.74, 6) is 0.110. The molecule has 5 heteroatoms. The molecule has 0 bridgehead atoms. The van der Waals surface area contributed by atoms with E-state index >= 15 is 0 Å². The van der Waals surface area contributed by atoms with Crippen LogP contribution in [0.25, 0.3) is 0 Å². The van der Waals surface area contributed by atoms with Gasteiger partial charge in [0.25, 0.3) is 0 Å². The zero-order valence-electron chi connectivity index (χ0n) is 9.57. The van der Waals surface area contributed by atoms with E-state index in [1.165, 1.54) is 12.1 Å².